The Morgan fingerprint density at radius 1 is 1.11 bits per heavy atom. The molecule has 3 heteroatoms. The number of alkyl halides is 1. The summed E-state index contributed by atoms with van der Waals surface area (Å²) >= 11 is 3.33. The second-order valence-electron chi connectivity index (χ2n) is 4.59. The van der Waals surface area contributed by atoms with Crippen LogP contribution < -0.4 is 4.74 Å². The van der Waals surface area contributed by atoms with Gasteiger partial charge in [-0.15, -0.1) is 0 Å². The summed E-state index contributed by atoms with van der Waals surface area (Å²) in [6.45, 7) is 4.87. The molecule has 0 aliphatic carbocycles. The van der Waals surface area contributed by atoms with Gasteiger partial charge in [-0.25, -0.2) is 0 Å². The van der Waals surface area contributed by atoms with Crippen molar-refractivity contribution in [3.05, 3.63) is 29.8 Å². The van der Waals surface area contributed by atoms with E-state index in [1.165, 1.54) is 0 Å². The molecule has 0 radical (unpaired) electrons. The quantitative estimate of drug-likeness (QED) is 0.727. The molecule has 0 heterocycles. The van der Waals surface area contributed by atoms with Gasteiger partial charge in [-0.3, -0.25) is 0 Å². The van der Waals surface area contributed by atoms with Crippen molar-refractivity contribution in [1.29, 1.82) is 0 Å². The zero-order valence-electron chi connectivity index (χ0n) is 11.3. The smallest absolute Gasteiger partial charge is 0.119 e. The van der Waals surface area contributed by atoms with Gasteiger partial charge >= 0.3 is 0 Å². The van der Waals surface area contributed by atoms with E-state index in [0.717, 1.165) is 42.3 Å². The SMILES string of the molecule is CCCC(O)(CCC)c1ccc(OCCBr)cc1. The molecule has 0 amide bonds. The number of aliphatic hydroxyl groups is 1. The summed E-state index contributed by atoms with van der Waals surface area (Å²) in [7, 11) is 0. The molecule has 0 saturated carbocycles. The molecule has 1 aromatic carbocycles. The maximum absolute atomic E-state index is 10.7. The first-order valence-electron chi connectivity index (χ1n) is 6.68. The van der Waals surface area contributed by atoms with E-state index in [1.807, 2.05) is 24.3 Å². The van der Waals surface area contributed by atoms with Crippen molar-refractivity contribution in [2.75, 3.05) is 11.9 Å². The highest BCUT2D eigenvalue weighted by Crippen LogP contribution is 2.32. The highest BCUT2D eigenvalue weighted by Gasteiger charge is 2.26. The Morgan fingerprint density at radius 3 is 2.11 bits per heavy atom. The number of hydrogen-bond acceptors (Lipinski definition) is 2. The highest BCUT2D eigenvalue weighted by atomic mass is 79.9. The first kappa shape index (κ1) is 15.5. The number of halogens is 1. The molecule has 1 N–H and O–H groups in total. The Morgan fingerprint density at radius 2 is 1.67 bits per heavy atom. The van der Waals surface area contributed by atoms with E-state index in [2.05, 4.69) is 29.8 Å². The molecule has 0 saturated heterocycles. The molecule has 0 aliphatic heterocycles. The van der Waals surface area contributed by atoms with Crippen LogP contribution in [0.4, 0.5) is 0 Å². The number of hydrogen-bond donors (Lipinski definition) is 1. The van der Waals surface area contributed by atoms with E-state index in [0.29, 0.717) is 6.61 Å². The van der Waals surface area contributed by atoms with Crippen LogP contribution in [-0.2, 0) is 5.60 Å². The van der Waals surface area contributed by atoms with E-state index < -0.39 is 5.60 Å². The molecular weight excluding hydrogens is 292 g/mol. The molecule has 18 heavy (non-hydrogen) atoms. The molecule has 0 fully saturated rings. The Kier molecular flexibility index (Phi) is 6.72. The summed E-state index contributed by atoms with van der Waals surface area (Å²) in [4.78, 5) is 0. The third kappa shape index (κ3) is 4.29. The minimum absolute atomic E-state index is 0.660. The minimum Gasteiger partial charge on any atom is -0.493 e. The summed E-state index contributed by atoms with van der Waals surface area (Å²) in [5, 5.41) is 11.5. The van der Waals surface area contributed by atoms with Gasteiger partial charge in [0.2, 0.25) is 0 Å². The van der Waals surface area contributed by atoms with Crippen LogP contribution in [0.2, 0.25) is 0 Å². The summed E-state index contributed by atoms with van der Waals surface area (Å²) in [5.41, 5.74) is 0.315. The van der Waals surface area contributed by atoms with E-state index >= 15 is 0 Å². The molecule has 0 aromatic heterocycles. The molecule has 0 bridgehead atoms. The van der Waals surface area contributed by atoms with Gasteiger partial charge in [0.25, 0.3) is 0 Å². The predicted octanol–water partition coefficient (Wildman–Crippen LogP) is 4.25. The topological polar surface area (TPSA) is 29.5 Å². The fraction of sp³-hybridized carbons (Fsp3) is 0.600. The van der Waals surface area contributed by atoms with Gasteiger partial charge in [-0.1, -0.05) is 54.8 Å². The fourth-order valence-corrected chi connectivity index (χ4v) is 2.42. The number of rotatable bonds is 8. The Balaban J connectivity index is 2.80. The van der Waals surface area contributed by atoms with Gasteiger partial charge < -0.3 is 9.84 Å². The molecule has 0 atom stereocenters. The van der Waals surface area contributed by atoms with E-state index in [-0.39, 0.29) is 0 Å². The molecule has 1 aromatic rings. The normalized spacial score (nSPS) is 11.6. The monoisotopic (exact) mass is 314 g/mol. The van der Waals surface area contributed by atoms with Crippen LogP contribution in [0.3, 0.4) is 0 Å². The summed E-state index contributed by atoms with van der Waals surface area (Å²) in [6.07, 6.45) is 3.58. The maximum atomic E-state index is 10.7. The summed E-state index contributed by atoms with van der Waals surface area (Å²) < 4.78 is 5.51. The molecule has 0 aliphatic rings. The van der Waals surface area contributed by atoms with Crippen molar-refractivity contribution < 1.29 is 9.84 Å². The van der Waals surface area contributed by atoms with Crippen LogP contribution in [0.1, 0.15) is 45.1 Å². The third-order valence-electron chi connectivity index (χ3n) is 3.06. The van der Waals surface area contributed by atoms with E-state index in [4.69, 9.17) is 4.74 Å². The average Bonchev–Trinajstić information content (AvgIpc) is 2.37. The lowest BCUT2D eigenvalue weighted by molar-refractivity contribution is 0.0169. The number of ether oxygens (including phenoxy) is 1. The van der Waals surface area contributed by atoms with Crippen LogP contribution in [0.25, 0.3) is 0 Å². The standard InChI is InChI=1S/C15H23BrO2/c1-3-9-15(17,10-4-2)13-5-7-14(8-6-13)18-12-11-16/h5-8,17H,3-4,9-12H2,1-2H3. The molecule has 2 nitrogen and oxygen atoms in total. The first-order chi connectivity index (χ1) is 8.66. The van der Waals surface area contributed by atoms with Gasteiger partial charge in [0.15, 0.2) is 0 Å². The largest absolute Gasteiger partial charge is 0.493 e. The van der Waals surface area contributed by atoms with E-state index in [1.54, 1.807) is 0 Å². The van der Waals surface area contributed by atoms with E-state index in [9.17, 15) is 5.11 Å². The average molecular weight is 315 g/mol. The van der Waals surface area contributed by atoms with Gasteiger partial charge in [-0.2, -0.15) is 0 Å². The van der Waals surface area contributed by atoms with Crippen molar-refractivity contribution in [1.82, 2.24) is 0 Å². The van der Waals surface area contributed by atoms with Gasteiger partial charge in [-0.05, 0) is 30.5 Å². The summed E-state index contributed by atoms with van der Waals surface area (Å²) in [5.74, 6) is 0.855. The second-order valence-corrected chi connectivity index (χ2v) is 5.39. The third-order valence-corrected chi connectivity index (χ3v) is 3.39. The maximum Gasteiger partial charge on any atom is 0.119 e. The zero-order chi connectivity index (χ0) is 13.4. The highest BCUT2D eigenvalue weighted by molar-refractivity contribution is 9.09. The molecule has 0 spiro atoms. The minimum atomic E-state index is -0.683. The summed E-state index contributed by atoms with van der Waals surface area (Å²) in [6, 6.07) is 7.84. The van der Waals surface area contributed by atoms with Crippen molar-refractivity contribution in [2.24, 2.45) is 0 Å². The van der Waals surface area contributed by atoms with Crippen molar-refractivity contribution in [3.63, 3.8) is 0 Å². The lowest BCUT2D eigenvalue weighted by Crippen LogP contribution is -2.25. The Hall–Kier alpha value is -0.540. The zero-order valence-corrected chi connectivity index (χ0v) is 12.9. The molecule has 1 rings (SSSR count). The molecule has 0 unspecified atom stereocenters. The van der Waals surface area contributed by atoms with Crippen LogP contribution in [0.15, 0.2) is 24.3 Å². The van der Waals surface area contributed by atoms with Crippen LogP contribution in [0, 0.1) is 0 Å². The van der Waals surface area contributed by atoms with Crippen molar-refractivity contribution in [2.45, 2.75) is 45.1 Å². The van der Waals surface area contributed by atoms with Crippen LogP contribution in [-0.4, -0.2) is 17.0 Å². The Bertz CT molecular complexity index is 329. The fourth-order valence-electron chi connectivity index (χ4n) is 2.26. The molecule has 102 valence electrons. The first-order valence-corrected chi connectivity index (χ1v) is 7.80. The molecular formula is C15H23BrO2. The second kappa shape index (κ2) is 7.80. The lowest BCUT2D eigenvalue weighted by atomic mass is 9.85. The number of benzene rings is 1. The predicted molar refractivity (Wildman–Crippen MR) is 79.4 cm³/mol. The van der Waals surface area contributed by atoms with Crippen LogP contribution >= 0.6 is 15.9 Å². The van der Waals surface area contributed by atoms with Gasteiger partial charge in [0.1, 0.15) is 5.75 Å². The van der Waals surface area contributed by atoms with Crippen molar-refractivity contribution >= 4 is 15.9 Å². The lowest BCUT2D eigenvalue weighted by Gasteiger charge is -2.28. The Labute approximate surface area is 118 Å². The van der Waals surface area contributed by atoms with Gasteiger partial charge in [0.05, 0.1) is 12.2 Å². The van der Waals surface area contributed by atoms with Crippen LogP contribution in [0.5, 0.6) is 5.75 Å². The van der Waals surface area contributed by atoms with Gasteiger partial charge in [0, 0.05) is 5.33 Å². The van der Waals surface area contributed by atoms with Crippen molar-refractivity contribution in [3.8, 4) is 5.75 Å².